The summed E-state index contributed by atoms with van der Waals surface area (Å²) in [6.45, 7) is 1.23. The fraction of sp³-hybridized carbons (Fsp3) is 0.412. The molecule has 0 radical (unpaired) electrons. The number of carbonyl (C=O) groups excluding carboxylic acids is 2. The third-order valence-corrected chi connectivity index (χ3v) is 4.62. The molecular formula is C17H21NO6S. The molecule has 0 aliphatic heterocycles. The summed E-state index contributed by atoms with van der Waals surface area (Å²) in [5.41, 5.74) is 0.495. The second-order valence-corrected chi connectivity index (χ2v) is 6.56. The first kappa shape index (κ1) is 20.7. The van der Waals surface area contributed by atoms with Crippen LogP contribution < -0.4 is 5.32 Å². The molecule has 0 saturated carbocycles. The number of carbonyl (C=O) groups is 4. The first-order valence-electron chi connectivity index (χ1n) is 7.70. The lowest BCUT2D eigenvalue weighted by atomic mass is 9.95. The minimum absolute atomic E-state index is 0.0978. The van der Waals surface area contributed by atoms with Crippen LogP contribution in [0.3, 0.4) is 0 Å². The number of amides is 1. The van der Waals surface area contributed by atoms with Crippen LogP contribution in [-0.2, 0) is 14.4 Å². The second-order valence-electron chi connectivity index (χ2n) is 5.49. The molecule has 0 bridgehead atoms. The van der Waals surface area contributed by atoms with Gasteiger partial charge in [-0.2, -0.15) is 11.8 Å². The summed E-state index contributed by atoms with van der Waals surface area (Å²) in [4.78, 5) is 45.5. The zero-order chi connectivity index (χ0) is 18.8. The molecule has 1 aromatic carbocycles. The van der Waals surface area contributed by atoms with Gasteiger partial charge in [0.2, 0.25) is 5.91 Å². The molecule has 25 heavy (non-hydrogen) atoms. The van der Waals surface area contributed by atoms with Crippen LogP contribution in [0.1, 0.15) is 30.1 Å². The van der Waals surface area contributed by atoms with Gasteiger partial charge in [-0.3, -0.25) is 14.4 Å². The molecule has 0 saturated heterocycles. The van der Waals surface area contributed by atoms with E-state index in [1.807, 2.05) is 0 Å². The molecule has 0 aliphatic carbocycles. The van der Waals surface area contributed by atoms with Crippen LogP contribution in [0, 0.1) is 5.92 Å². The number of nitrogens with one attached hydrogen (secondary N) is 1. The highest BCUT2D eigenvalue weighted by atomic mass is 32.2. The van der Waals surface area contributed by atoms with Gasteiger partial charge in [-0.1, -0.05) is 30.3 Å². The minimum Gasteiger partial charge on any atom is -0.481 e. The van der Waals surface area contributed by atoms with Crippen molar-refractivity contribution in [3.63, 3.8) is 0 Å². The van der Waals surface area contributed by atoms with Gasteiger partial charge in [-0.25, -0.2) is 4.79 Å². The topological polar surface area (TPSA) is 121 Å². The third-order valence-electron chi connectivity index (χ3n) is 3.41. The first-order valence-corrected chi connectivity index (χ1v) is 8.85. The highest BCUT2D eigenvalue weighted by Crippen LogP contribution is 2.20. The highest BCUT2D eigenvalue weighted by Gasteiger charge is 2.23. The molecule has 1 rings (SSSR count). The molecule has 0 aliphatic rings. The molecule has 0 aromatic heterocycles. The number of carboxylic acid groups (broad SMARTS) is 2. The molecule has 3 N–H and O–H groups in total. The van der Waals surface area contributed by atoms with Gasteiger partial charge in [-0.05, 0) is 6.42 Å². The molecule has 0 spiro atoms. The first-order chi connectivity index (χ1) is 11.8. The maximum Gasteiger partial charge on any atom is 0.327 e. The van der Waals surface area contributed by atoms with E-state index in [9.17, 15) is 19.2 Å². The summed E-state index contributed by atoms with van der Waals surface area (Å²) in [6.07, 6.45) is 0.0335. The van der Waals surface area contributed by atoms with Crippen molar-refractivity contribution >= 4 is 35.4 Å². The van der Waals surface area contributed by atoms with E-state index in [1.54, 1.807) is 30.3 Å². The molecule has 0 fully saturated rings. The number of ketones is 1. The summed E-state index contributed by atoms with van der Waals surface area (Å²) in [5.74, 6) is -2.91. The highest BCUT2D eigenvalue weighted by molar-refractivity contribution is 7.99. The van der Waals surface area contributed by atoms with E-state index in [0.717, 1.165) is 0 Å². The van der Waals surface area contributed by atoms with Gasteiger partial charge >= 0.3 is 11.9 Å². The number of hydrogen-bond donors (Lipinski definition) is 3. The van der Waals surface area contributed by atoms with Crippen molar-refractivity contribution < 1.29 is 29.4 Å². The smallest absolute Gasteiger partial charge is 0.327 e. The normalized spacial score (nSPS) is 12.8. The number of thioether (sulfide) groups is 1. The Hall–Kier alpha value is -2.35. The Bertz CT molecular complexity index is 619. The molecule has 1 amide bonds. The predicted molar refractivity (Wildman–Crippen MR) is 93.7 cm³/mol. The summed E-state index contributed by atoms with van der Waals surface area (Å²) in [5, 5.41) is 20.3. The van der Waals surface area contributed by atoms with Gasteiger partial charge in [0.25, 0.3) is 0 Å². The summed E-state index contributed by atoms with van der Waals surface area (Å²) in [7, 11) is 0. The van der Waals surface area contributed by atoms with Crippen LogP contribution >= 0.6 is 11.8 Å². The Morgan fingerprint density at radius 2 is 1.72 bits per heavy atom. The van der Waals surface area contributed by atoms with Crippen LogP contribution in [-0.4, -0.2) is 51.4 Å². The fourth-order valence-electron chi connectivity index (χ4n) is 2.17. The summed E-state index contributed by atoms with van der Waals surface area (Å²) in [6, 6.07) is 7.52. The van der Waals surface area contributed by atoms with E-state index < -0.39 is 29.8 Å². The predicted octanol–water partition coefficient (Wildman–Crippen LogP) is 1.67. The molecule has 0 heterocycles. The largest absolute Gasteiger partial charge is 0.481 e. The summed E-state index contributed by atoms with van der Waals surface area (Å²) < 4.78 is 0. The number of hydrogen-bond acceptors (Lipinski definition) is 5. The molecule has 1 aromatic rings. The van der Waals surface area contributed by atoms with E-state index >= 15 is 0 Å². The van der Waals surface area contributed by atoms with E-state index in [-0.39, 0.29) is 30.1 Å². The van der Waals surface area contributed by atoms with E-state index in [0.29, 0.717) is 5.56 Å². The van der Waals surface area contributed by atoms with Crippen molar-refractivity contribution in [2.45, 2.75) is 25.8 Å². The van der Waals surface area contributed by atoms with E-state index in [2.05, 4.69) is 5.32 Å². The average molecular weight is 367 g/mol. The van der Waals surface area contributed by atoms with Crippen molar-refractivity contribution in [1.29, 1.82) is 0 Å². The second kappa shape index (κ2) is 10.5. The van der Waals surface area contributed by atoms with Crippen LogP contribution in [0.2, 0.25) is 0 Å². The van der Waals surface area contributed by atoms with Crippen molar-refractivity contribution in [2.75, 3.05) is 11.5 Å². The Labute approximate surface area is 149 Å². The lowest BCUT2D eigenvalue weighted by Gasteiger charge is -2.17. The molecule has 7 nitrogen and oxygen atoms in total. The maximum absolute atomic E-state index is 12.6. The lowest BCUT2D eigenvalue weighted by Crippen LogP contribution is -2.41. The van der Waals surface area contributed by atoms with Gasteiger partial charge in [0, 0.05) is 36.3 Å². The fourth-order valence-corrected chi connectivity index (χ4v) is 3.37. The zero-order valence-electron chi connectivity index (χ0n) is 13.8. The van der Waals surface area contributed by atoms with Crippen molar-refractivity contribution in [3.8, 4) is 0 Å². The van der Waals surface area contributed by atoms with Gasteiger partial charge < -0.3 is 15.5 Å². The standard InChI is InChI=1S/C17H21NO6S/c1-11(19)18-14(17(23)24)10-25-9-13(7-8-15(20)21)16(22)12-5-3-2-4-6-12/h2-6,13-14H,7-10H2,1H3,(H,18,19)(H,20,21)(H,23,24)/t13?,14-/m0/s1. The minimum atomic E-state index is -1.15. The zero-order valence-corrected chi connectivity index (χ0v) is 14.6. The Morgan fingerprint density at radius 1 is 1.08 bits per heavy atom. The van der Waals surface area contributed by atoms with Crippen molar-refractivity contribution in [1.82, 2.24) is 5.32 Å². The Balaban J connectivity index is 2.70. The monoisotopic (exact) mass is 367 g/mol. The number of Topliss-reactive ketones (excluding diaryl/α,β-unsaturated/α-hetero) is 1. The lowest BCUT2D eigenvalue weighted by molar-refractivity contribution is -0.140. The SMILES string of the molecule is CC(=O)N[C@@H](CSCC(CCC(=O)O)C(=O)c1ccccc1)C(=O)O. The van der Waals surface area contributed by atoms with Crippen LogP contribution in [0.5, 0.6) is 0 Å². The van der Waals surface area contributed by atoms with E-state index in [4.69, 9.17) is 10.2 Å². The van der Waals surface area contributed by atoms with Gasteiger partial charge in [0.15, 0.2) is 5.78 Å². The van der Waals surface area contributed by atoms with Crippen molar-refractivity contribution in [3.05, 3.63) is 35.9 Å². The molecule has 136 valence electrons. The van der Waals surface area contributed by atoms with Crippen molar-refractivity contribution in [2.24, 2.45) is 5.92 Å². The Morgan fingerprint density at radius 3 is 2.24 bits per heavy atom. The summed E-state index contributed by atoms with van der Waals surface area (Å²) >= 11 is 1.21. The maximum atomic E-state index is 12.6. The number of benzene rings is 1. The molecule has 2 atom stereocenters. The van der Waals surface area contributed by atoms with E-state index in [1.165, 1.54) is 18.7 Å². The number of rotatable bonds is 11. The average Bonchev–Trinajstić information content (AvgIpc) is 2.56. The molecule has 8 heteroatoms. The number of carboxylic acids is 2. The number of aliphatic carboxylic acids is 2. The van der Waals surface area contributed by atoms with Gasteiger partial charge in [0.05, 0.1) is 0 Å². The third kappa shape index (κ3) is 7.84. The van der Waals surface area contributed by atoms with Gasteiger partial charge in [-0.15, -0.1) is 0 Å². The quantitative estimate of drug-likeness (QED) is 0.509. The van der Waals surface area contributed by atoms with Crippen LogP contribution in [0.4, 0.5) is 0 Å². The van der Waals surface area contributed by atoms with Crippen LogP contribution in [0.25, 0.3) is 0 Å². The van der Waals surface area contributed by atoms with Crippen LogP contribution in [0.15, 0.2) is 30.3 Å². The van der Waals surface area contributed by atoms with Gasteiger partial charge in [0.1, 0.15) is 6.04 Å². The molecular weight excluding hydrogens is 346 g/mol. The Kier molecular flexibility index (Phi) is 8.69. The molecule has 1 unspecified atom stereocenters.